The van der Waals surface area contributed by atoms with E-state index in [1.807, 2.05) is 6.07 Å². The molecule has 0 atom stereocenters. The van der Waals surface area contributed by atoms with Gasteiger partial charge in [0.25, 0.3) is 0 Å². The Morgan fingerprint density at radius 1 is 1.05 bits per heavy atom. The Morgan fingerprint density at radius 3 is 2.40 bits per heavy atom. The molecule has 1 rings (SSSR count). The van der Waals surface area contributed by atoms with E-state index in [1.54, 1.807) is 18.2 Å². The largest absolute Gasteiger partial charge is 0.495 e. The lowest BCUT2D eigenvalue weighted by atomic mass is 10.1. The molecule has 0 unspecified atom stereocenters. The van der Waals surface area contributed by atoms with E-state index in [0.29, 0.717) is 17.9 Å². The summed E-state index contributed by atoms with van der Waals surface area (Å²) in [5.41, 5.74) is 0.501. The number of methoxy groups -OCH3 is 1. The number of benzene rings is 1. The van der Waals surface area contributed by atoms with E-state index in [4.69, 9.17) is 4.74 Å². The van der Waals surface area contributed by atoms with Gasteiger partial charge in [-0.3, -0.25) is 4.72 Å². The van der Waals surface area contributed by atoms with Crippen LogP contribution in [0.25, 0.3) is 0 Å². The van der Waals surface area contributed by atoms with Gasteiger partial charge in [-0.2, -0.15) is 0 Å². The van der Waals surface area contributed by atoms with Crippen LogP contribution >= 0.6 is 0 Å². The molecule has 1 aromatic rings. The molecule has 0 aliphatic rings. The number of para-hydroxylation sites is 2. The first kappa shape index (κ1) is 16.8. The van der Waals surface area contributed by atoms with Crippen molar-refractivity contribution in [1.82, 2.24) is 0 Å². The Balaban J connectivity index is 2.41. The lowest BCUT2D eigenvalue weighted by Gasteiger charge is -2.11. The van der Waals surface area contributed by atoms with E-state index < -0.39 is 10.0 Å². The van der Waals surface area contributed by atoms with Gasteiger partial charge >= 0.3 is 0 Å². The quantitative estimate of drug-likeness (QED) is 0.669. The molecular formula is C15H25NO3S. The van der Waals surface area contributed by atoms with Gasteiger partial charge in [-0.1, -0.05) is 51.2 Å². The molecule has 20 heavy (non-hydrogen) atoms. The highest BCUT2D eigenvalue weighted by molar-refractivity contribution is 7.92. The van der Waals surface area contributed by atoms with Crippen molar-refractivity contribution < 1.29 is 13.2 Å². The Labute approximate surface area is 122 Å². The van der Waals surface area contributed by atoms with Crippen LogP contribution in [0.2, 0.25) is 0 Å². The molecular weight excluding hydrogens is 274 g/mol. The minimum atomic E-state index is -3.29. The molecule has 4 nitrogen and oxygen atoms in total. The summed E-state index contributed by atoms with van der Waals surface area (Å²) in [6, 6.07) is 7.04. The average molecular weight is 299 g/mol. The van der Waals surface area contributed by atoms with Crippen LogP contribution in [0.1, 0.15) is 45.4 Å². The van der Waals surface area contributed by atoms with Crippen LogP contribution in [0, 0.1) is 0 Å². The van der Waals surface area contributed by atoms with Gasteiger partial charge < -0.3 is 4.74 Å². The standard InChI is InChI=1S/C15H25NO3S/c1-3-4-5-6-7-10-13-20(17,18)16-14-11-8-9-12-15(14)19-2/h8-9,11-12,16H,3-7,10,13H2,1-2H3. The van der Waals surface area contributed by atoms with E-state index in [2.05, 4.69) is 11.6 Å². The van der Waals surface area contributed by atoms with Gasteiger partial charge in [0.05, 0.1) is 18.6 Å². The monoisotopic (exact) mass is 299 g/mol. The molecule has 0 amide bonds. The minimum Gasteiger partial charge on any atom is -0.495 e. The van der Waals surface area contributed by atoms with Gasteiger partial charge in [0.2, 0.25) is 10.0 Å². The highest BCUT2D eigenvalue weighted by atomic mass is 32.2. The predicted molar refractivity (Wildman–Crippen MR) is 83.8 cm³/mol. The SMILES string of the molecule is CCCCCCCCS(=O)(=O)Nc1ccccc1OC. The lowest BCUT2D eigenvalue weighted by Crippen LogP contribution is -2.17. The first-order valence-electron chi connectivity index (χ1n) is 7.22. The number of ether oxygens (including phenoxy) is 1. The molecule has 0 aliphatic heterocycles. The van der Waals surface area contributed by atoms with Crippen molar-refractivity contribution in [3.05, 3.63) is 24.3 Å². The van der Waals surface area contributed by atoms with Crippen LogP contribution < -0.4 is 9.46 Å². The Kier molecular flexibility index (Phi) is 7.44. The topological polar surface area (TPSA) is 55.4 Å². The van der Waals surface area contributed by atoms with Crippen molar-refractivity contribution >= 4 is 15.7 Å². The predicted octanol–water partition coefficient (Wildman–Crippen LogP) is 3.80. The van der Waals surface area contributed by atoms with E-state index in [9.17, 15) is 8.42 Å². The smallest absolute Gasteiger partial charge is 0.232 e. The van der Waals surface area contributed by atoms with E-state index in [-0.39, 0.29) is 5.75 Å². The van der Waals surface area contributed by atoms with Crippen LogP contribution in [0.3, 0.4) is 0 Å². The highest BCUT2D eigenvalue weighted by Crippen LogP contribution is 2.24. The van der Waals surface area contributed by atoms with Crippen molar-refractivity contribution in [1.29, 1.82) is 0 Å². The summed E-state index contributed by atoms with van der Waals surface area (Å²) < 4.78 is 31.7. The Hall–Kier alpha value is -1.23. The van der Waals surface area contributed by atoms with Crippen molar-refractivity contribution in [3.8, 4) is 5.75 Å². The third-order valence-electron chi connectivity index (χ3n) is 3.14. The third-order valence-corrected chi connectivity index (χ3v) is 4.50. The third kappa shape index (κ3) is 6.28. The molecule has 0 aliphatic carbocycles. The van der Waals surface area contributed by atoms with E-state index >= 15 is 0 Å². The van der Waals surface area contributed by atoms with Crippen molar-refractivity contribution in [3.63, 3.8) is 0 Å². The molecule has 0 aromatic heterocycles. The van der Waals surface area contributed by atoms with Crippen LogP contribution in [-0.2, 0) is 10.0 Å². The zero-order valence-corrected chi connectivity index (χ0v) is 13.2. The van der Waals surface area contributed by atoms with E-state index in [0.717, 1.165) is 12.8 Å². The first-order valence-corrected chi connectivity index (χ1v) is 8.88. The fraction of sp³-hybridized carbons (Fsp3) is 0.600. The van der Waals surface area contributed by atoms with Crippen LogP contribution in [-0.4, -0.2) is 21.3 Å². The van der Waals surface area contributed by atoms with Gasteiger partial charge in [-0.15, -0.1) is 0 Å². The molecule has 0 spiro atoms. The van der Waals surface area contributed by atoms with Crippen LogP contribution in [0.15, 0.2) is 24.3 Å². The number of nitrogens with one attached hydrogen (secondary N) is 1. The fourth-order valence-electron chi connectivity index (χ4n) is 2.02. The molecule has 1 N–H and O–H groups in total. The number of hydrogen-bond acceptors (Lipinski definition) is 3. The summed E-state index contributed by atoms with van der Waals surface area (Å²) in [5.74, 6) is 0.705. The molecule has 0 fully saturated rings. The average Bonchev–Trinajstić information content (AvgIpc) is 2.43. The summed E-state index contributed by atoms with van der Waals surface area (Å²) >= 11 is 0. The summed E-state index contributed by atoms with van der Waals surface area (Å²) in [6.45, 7) is 2.17. The molecule has 0 bridgehead atoms. The minimum absolute atomic E-state index is 0.164. The zero-order chi connectivity index (χ0) is 14.8. The fourth-order valence-corrected chi connectivity index (χ4v) is 3.21. The van der Waals surface area contributed by atoms with Crippen LogP contribution in [0.4, 0.5) is 5.69 Å². The number of anilines is 1. The Morgan fingerprint density at radius 2 is 1.70 bits per heavy atom. The van der Waals surface area contributed by atoms with Gasteiger partial charge in [0, 0.05) is 0 Å². The van der Waals surface area contributed by atoms with Gasteiger partial charge in [0.15, 0.2) is 0 Å². The van der Waals surface area contributed by atoms with E-state index in [1.165, 1.54) is 26.4 Å². The molecule has 0 saturated carbocycles. The van der Waals surface area contributed by atoms with Crippen molar-refractivity contribution in [2.75, 3.05) is 17.6 Å². The molecule has 0 saturated heterocycles. The second-order valence-electron chi connectivity index (χ2n) is 4.89. The molecule has 114 valence electrons. The summed E-state index contributed by atoms with van der Waals surface area (Å²) in [6.07, 6.45) is 6.40. The summed E-state index contributed by atoms with van der Waals surface area (Å²) in [5, 5.41) is 0. The first-order chi connectivity index (χ1) is 9.59. The molecule has 0 heterocycles. The van der Waals surface area contributed by atoms with Crippen molar-refractivity contribution in [2.45, 2.75) is 45.4 Å². The second-order valence-corrected chi connectivity index (χ2v) is 6.73. The second kappa shape index (κ2) is 8.84. The summed E-state index contributed by atoms with van der Waals surface area (Å²) in [7, 11) is -1.76. The lowest BCUT2D eigenvalue weighted by molar-refractivity contribution is 0.417. The maximum absolute atomic E-state index is 12.0. The van der Waals surface area contributed by atoms with Gasteiger partial charge in [-0.25, -0.2) is 8.42 Å². The Bertz CT molecular complexity index is 486. The number of hydrogen-bond donors (Lipinski definition) is 1. The normalized spacial score (nSPS) is 11.3. The maximum atomic E-state index is 12.0. The van der Waals surface area contributed by atoms with Crippen LogP contribution in [0.5, 0.6) is 5.75 Å². The highest BCUT2D eigenvalue weighted by Gasteiger charge is 2.12. The number of rotatable bonds is 10. The summed E-state index contributed by atoms with van der Waals surface area (Å²) in [4.78, 5) is 0. The number of sulfonamides is 1. The number of unbranched alkanes of at least 4 members (excludes halogenated alkanes) is 5. The molecule has 5 heteroatoms. The zero-order valence-electron chi connectivity index (χ0n) is 12.4. The maximum Gasteiger partial charge on any atom is 0.232 e. The van der Waals surface area contributed by atoms with Gasteiger partial charge in [0.1, 0.15) is 5.75 Å². The molecule has 0 radical (unpaired) electrons. The molecule has 1 aromatic carbocycles. The van der Waals surface area contributed by atoms with Crippen molar-refractivity contribution in [2.24, 2.45) is 0 Å². The van der Waals surface area contributed by atoms with Gasteiger partial charge in [-0.05, 0) is 18.6 Å².